The van der Waals surface area contributed by atoms with E-state index in [1.165, 1.54) is 6.42 Å². The number of piperidine rings is 1. The van der Waals surface area contributed by atoms with Crippen LogP contribution in [-0.2, 0) is 0 Å². The summed E-state index contributed by atoms with van der Waals surface area (Å²) in [6, 6.07) is 8.34. The second-order valence-corrected chi connectivity index (χ2v) is 5.40. The van der Waals surface area contributed by atoms with E-state index in [9.17, 15) is 4.79 Å². The maximum Gasteiger partial charge on any atom is 0.254 e. The Morgan fingerprint density at radius 3 is 2.58 bits per heavy atom. The Bertz CT molecular complexity index is 427. The molecule has 1 aliphatic heterocycles. The summed E-state index contributed by atoms with van der Waals surface area (Å²) >= 11 is 0. The van der Waals surface area contributed by atoms with E-state index in [0.29, 0.717) is 6.04 Å². The van der Waals surface area contributed by atoms with Crippen molar-refractivity contribution in [1.82, 2.24) is 4.90 Å². The van der Waals surface area contributed by atoms with E-state index >= 15 is 0 Å². The monoisotopic (exact) mass is 260 g/mol. The van der Waals surface area contributed by atoms with Crippen molar-refractivity contribution in [2.75, 3.05) is 25.0 Å². The van der Waals surface area contributed by atoms with Crippen LogP contribution < -0.4 is 4.90 Å². The minimum atomic E-state index is 0.179. The molecule has 0 saturated carbocycles. The van der Waals surface area contributed by atoms with Crippen molar-refractivity contribution in [2.24, 2.45) is 0 Å². The molecule has 0 bridgehead atoms. The minimum Gasteiger partial charge on any atom is -0.375 e. The predicted molar refractivity (Wildman–Crippen MR) is 79.7 cm³/mol. The maximum absolute atomic E-state index is 12.5. The number of anilines is 1. The van der Waals surface area contributed by atoms with E-state index < -0.39 is 0 Å². The van der Waals surface area contributed by atoms with Crippen molar-refractivity contribution in [1.29, 1.82) is 0 Å². The lowest BCUT2D eigenvalue weighted by Gasteiger charge is -2.33. The normalized spacial score (nSPS) is 19.3. The summed E-state index contributed by atoms with van der Waals surface area (Å²) in [5, 5.41) is 0. The molecule has 1 unspecified atom stereocenters. The highest BCUT2D eigenvalue weighted by atomic mass is 16.2. The van der Waals surface area contributed by atoms with Gasteiger partial charge in [0.1, 0.15) is 0 Å². The molecule has 2 rings (SSSR count). The molecule has 0 aliphatic carbocycles. The van der Waals surface area contributed by atoms with E-state index in [1.54, 1.807) is 0 Å². The van der Waals surface area contributed by atoms with E-state index in [2.05, 4.69) is 25.8 Å². The third-order valence-electron chi connectivity index (χ3n) is 4.09. The third kappa shape index (κ3) is 3.09. The number of hydrogen-bond acceptors (Lipinski definition) is 2. The average Bonchev–Trinajstić information content (AvgIpc) is 2.46. The SMILES string of the molecule is CCN(C)c1ccc(C(=O)N2CCCCC2C)cc1. The molecule has 1 aromatic carbocycles. The van der Waals surface area contributed by atoms with Gasteiger partial charge < -0.3 is 9.80 Å². The molecule has 3 nitrogen and oxygen atoms in total. The van der Waals surface area contributed by atoms with Crippen molar-refractivity contribution in [3.8, 4) is 0 Å². The van der Waals surface area contributed by atoms with Crippen LogP contribution in [0.25, 0.3) is 0 Å². The molecule has 19 heavy (non-hydrogen) atoms. The van der Waals surface area contributed by atoms with E-state index in [4.69, 9.17) is 0 Å². The van der Waals surface area contributed by atoms with E-state index in [0.717, 1.165) is 37.2 Å². The van der Waals surface area contributed by atoms with Crippen LogP contribution >= 0.6 is 0 Å². The third-order valence-corrected chi connectivity index (χ3v) is 4.09. The summed E-state index contributed by atoms with van der Waals surface area (Å²) in [4.78, 5) is 16.7. The molecule has 1 atom stereocenters. The van der Waals surface area contributed by atoms with Gasteiger partial charge in [-0.2, -0.15) is 0 Å². The zero-order valence-electron chi connectivity index (χ0n) is 12.2. The molecule has 1 amide bonds. The fraction of sp³-hybridized carbons (Fsp3) is 0.562. The van der Waals surface area contributed by atoms with Crippen molar-refractivity contribution >= 4 is 11.6 Å². The van der Waals surface area contributed by atoms with Crippen LogP contribution in [0.1, 0.15) is 43.5 Å². The highest BCUT2D eigenvalue weighted by Crippen LogP contribution is 2.20. The van der Waals surface area contributed by atoms with Crippen LogP contribution in [0.15, 0.2) is 24.3 Å². The van der Waals surface area contributed by atoms with Crippen LogP contribution in [0.3, 0.4) is 0 Å². The molecular formula is C16H24N2O. The number of rotatable bonds is 3. The fourth-order valence-electron chi connectivity index (χ4n) is 2.61. The summed E-state index contributed by atoms with van der Waals surface area (Å²) in [6.07, 6.45) is 3.50. The standard InChI is InChI=1S/C16H24N2O/c1-4-17(3)15-10-8-14(9-11-15)16(19)18-12-6-5-7-13(18)2/h8-11,13H,4-7,12H2,1-3H3. The van der Waals surface area contributed by atoms with Gasteiger partial charge in [0.2, 0.25) is 0 Å². The first-order valence-corrected chi connectivity index (χ1v) is 7.25. The quantitative estimate of drug-likeness (QED) is 0.833. The molecule has 3 heteroatoms. The summed E-state index contributed by atoms with van der Waals surface area (Å²) < 4.78 is 0. The van der Waals surface area contributed by atoms with Crippen molar-refractivity contribution < 1.29 is 4.79 Å². The smallest absolute Gasteiger partial charge is 0.254 e. The van der Waals surface area contributed by atoms with Gasteiger partial charge in [0.25, 0.3) is 5.91 Å². The van der Waals surface area contributed by atoms with Crippen LogP contribution in [0.2, 0.25) is 0 Å². The number of nitrogens with zero attached hydrogens (tertiary/aromatic N) is 2. The molecule has 0 N–H and O–H groups in total. The van der Waals surface area contributed by atoms with Gasteiger partial charge in [-0.25, -0.2) is 0 Å². The van der Waals surface area contributed by atoms with Gasteiger partial charge in [-0.1, -0.05) is 0 Å². The first-order chi connectivity index (χ1) is 9.13. The van der Waals surface area contributed by atoms with Gasteiger partial charge in [-0.15, -0.1) is 0 Å². The zero-order chi connectivity index (χ0) is 13.8. The van der Waals surface area contributed by atoms with Crippen molar-refractivity contribution in [3.63, 3.8) is 0 Å². The average molecular weight is 260 g/mol. The van der Waals surface area contributed by atoms with Crippen LogP contribution in [0.4, 0.5) is 5.69 Å². The molecule has 1 heterocycles. The molecule has 1 aromatic rings. The van der Waals surface area contributed by atoms with Crippen molar-refractivity contribution in [3.05, 3.63) is 29.8 Å². The molecule has 0 aromatic heterocycles. The summed E-state index contributed by atoms with van der Waals surface area (Å²) in [6.45, 7) is 6.14. The van der Waals surface area contributed by atoms with E-state index in [-0.39, 0.29) is 5.91 Å². The lowest BCUT2D eigenvalue weighted by molar-refractivity contribution is 0.0635. The lowest BCUT2D eigenvalue weighted by Crippen LogP contribution is -2.42. The van der Waals surface area contributed by atoms with Crippen LogP contribution in [-0.4, -0.2) is 37.0 Å². The van der Waals surface area contributed by atoms with E-state index in [1.807, 2.05) is 29.2 Å². The molecule has 1 fully saturated rings. The molecule has 0 spiro atoms. The Kier molecular flexibility index (Phi) is 4.46. The largest absolute Gasteiger partial charge is 0.375 e. The minimum absolute atomic E-state index is 0.179. The highest BCUT2D eigenvalue weighted by Gasteiger charge is 2.23. The van der Waals surface area contributed by atoms with Crippen molar-refractivity contribution in [2.45, 2.75) is 39.2 Å². The molecule has 1 saturated heterocycles. The Labute approximate surface area is 116 Å². The number of carbonyl (C=O) groups excluding carboxylic acids is 1. The molecule has 0 radical (unpaired) electrons. The number of likely N-dealkylation sites (tertiary alicyclic amines) is 1. The van der Waals surface area contributed by atoms with Gasteiger partial charge in [-0.3, -0.25) is 4.79 Å². The Hall–Kier alpha value is -1.51. The van der Waals surface area contributed by atoms with Gasteiger partial charge in [-0.05, 0) is 57.4 Å². The molecular weight excluding hydrogens is 236 g/mol. The highest BCUT2D eigenvalue weighted by molar-refractivity contribution is 5.94. The van der Waals surface area contributed by atoms with Gasteiger partial charge >= 0.3 is 0 Å². The van der Waals surface area contributed by atoms with Crippen LogP contribution in [0.5, 0.6) is 0 Å². The Morgan fingerprint density at radius 2 is 2.00 bits per heavy atom. The van der Waals surface area contributed by atoms with Gasteiger partial charge in [0, 0.05) is 37.4 Å². The first kappa shape index (κ1) is 13.9. The first-order valence-electron chi connectivity index (χ1n) is 7.25. The van der Waals surface area contributed by atoms with Gasteiger partial charge in [0.15, 0.2) is 0 Å². The second-order valence-electron chi connectivity index (χ2n) is 5.40. The number of carbonyl (C=O) groups is 1. The topological polar surface area (TPSA) is 23.6 Å². The lowest BCUT2D eigenvalue weighted by atomic mass is 10.0. The van der Waals surface area contributed by atoms with Crippen LogP contribution in [0, 0.1) is 0 Å². The zero-order valence-corrected chi connectivity index (χ0v) is 12.2. The fourth-order valence-corrected chi connectivity index (χ4v) is 2.61. The summed E-state index contributed by atoms with van der Waals surface area (Å²) in [7, 11) is 2.06. The Balaban J connectivity index is 2.11. The molecule has 1 aliphatic rings. The summed E-state index contributed by atoms with van der Waals surface area (Å²) in [5.41, 5.74) is 1.97. The Morgan fingerprint density at radius 1 is 1.32 bits per heavy atom. The summed E-state index contributed by atoms with van der Waals surface area (Å²) in [5.74, 6) is 0.179. The number of benzene rings is 1. The predicted octanol–water partition coefficient (Wildman–Crippen LogP) is 3.16. The maximum atomic E-state index is 12.5. The second kappa shape index (κ2) is 6.09. The number of amides is 1. The van der Waals surface area contributed by atoms with Gasteiger partial charge in [0.05, 0.1) is 0 Å². The number of hydrogen-bond donors (Lipinski definition) is 0. The molecule has 104 valence electrons.